The number of amides is 1. The summed E-state index contributed by atoms with van der Waals surface area (Å²) in [6.45, 7) is 1.96. The van der Waals surface area contributed by atoms with Gasteiger partial charge in [0, 0.05) is 19.6 Å². The number of oxazole rings is 1. The van der Waals surface area contributed by atoms with Gasteiger partial charge < -0.3 is 14.5 Å². The summed E-state index contributed by atoms with van der Waals surface area (Å²) in [4.78, 5) is 19.2. The zero-order chi connectivity index (χ0) is 26.9. The summed E-state index contributed by atoms with van der Waals surface area (Å²) in [5, 5.41) is 2.80. The Kier molecular flexibility index (Phi) is 8.41. The van der Waals surface area contributed by atoms with Crippen molar-refractivity contribution in [1.82, 2.24) is 15.2 Å². The maximum atomic E-state index is 13.1. The van der Waals surface area contributed by atoms with Crippen molar-refractivity contribution in [3.63, 3.8) is 0 Å². The van der Waals surface area contributed by atoms with Gasteiger partial charge >= 0.3 is 0 Å². The molecule has 0 unspecified atom stereocenters. The number of nitrogens with one attached hydrogen (secondary N) is 1. The highest BCUT2D eigenvalue weighted by Gasteiger charge is 2.16. The second-order valence-electron chi connectivity index (χ2n) is 9.13. The van der Waals surface area contributed by atoms with Crippen LogP contribution in [0.15, 0.2) is 120 Å². The van der Waals surface area contributed by atoms with E-state index in [4.69, 9.17) is 9.15 Å². The quantitative estimate of drug-likeness (QED) is 0.209. The lowest BCUT2D eigenvalue weighted by Crippen LogP contribution is -2.24. The Bertz CT molecular complexity index is 1490. The summed E-state index contributed by atoms with van der Waals surface area (Å²) in [6, 6.07) is 33.8. The van der Waals surface area contributed by atoms with Crippen LogP contribution < -0.4 is 10.1 Å². The number of halogens is 1. The molecule has 0 atom stereocenters. The van der Waals surface area contributed by atoms with Gasteiger partial charge in [-0.3, -0.25) is 9.69 Å². The van der Waals surface area contributed by atoms with Gasteiger partial charge in [0.25, 0.3) is 5.91 Å². The number of nitrogens with zero attached hydrogens (tertiary/aromatic N) is 2. The zero-order valence-electron chi connectivity index (χ0n) is 21.3. The fraction of sp³-hybridized carbons (Fsp3) is 0.125. The molecule has 0 aliphatic rings. The Balaban J connectivity index is 1.26. The molecule has 7 heteroatoms. The third-order valence-corrected chi connectivity index (χ3v) is 6.04. The molecule has 1 N–H and O–H groups in total. The highest BCUT2D eigenvalue weighted by atomic mass is 19.1. The Labute approximate surface area is 226 Å². The van der Waals surface area contributed by atoms with Gasteiger partial charge in [0.2, 0.25) is 5.89 Å². The van der Waals surface area contributed by atoms with E-state index in [1.165, 1.54) is 18.4 Å². The average molecular weight is 522 g/mol. The molecule has 5 aromatic rings. The van der Waals surface area contributed by atoms with Gasteiger partial charge in [0.15, 0.2) is 5.69 Å². The topological polar surface area (TPSA) is 67.6 Å². The van der Waals surface area contributed by atoms with Crippen molar-refractivity contribution >= 4 is 5.91 Å². The van der Waals surface area contributed by atoms with Crippen LogP contribution in [0.1, 0.15) is 33.1 Å². The lowest BCUT2D eigenvalue weighted by Gasteiger charge is -2.21. The fourth-order valence-corrected chi connectivity index (χ4v) is 4.15. The molecule has 5 rings (SSSR count). The first-order valence-electron chi connectivity index (χ1n) is 12.7. The summed E-state index contributed by atoms with van der Waals surface area (Å²) in [5.41, 5.74) is 3.22. The molecule has 0 aliphatic carbocycles. The van der Waals surface area contributed by atoms with E-state index in [1.54, 1.807) is 12.1 Å². The molecule has 1 amide bonds. The summed E-state index contributed by atoms with van der Waals surface area (Å²) in [7, 11) is 0. The predicted molar refractivity (Wildman–Crippen MR) is 146 cm³/mol. The van der Waals surface area contributed by atoms with Gasteiger partial charge in [0.05, 0.1) is 6.54 Å². The van der Waals surface area contributed by atoms with Crippen LogP contribution >= 0.6 is 0 Å². The van der Waals surface area contributed by atoms with Gasteiger partial charge in [-0.15, -0.1) is 0 Å². The van der Waals surface area contributed by atoms with E-state index < -0.39 is 0 Å². The molecule has 196 valence electrons. The normalized spacial score (nSPS) is 10.9. The number of benzene rings is 4. The zero-order valence-corrected chi connectivity index (χ0v) is 21.3. The first kappa shape index (κ1) is 25.9. The van der Waals surface area contributed by atoms with E-state index in [2.05, 4.69) is 33.4 Å². The lowest BCUT2D eigenvalue weighted by molar-refractivity contribution is 0.0945. The van der Waals surface area contributed by atoms with E-state index in [-0.39, 0.29) is 24.0 Å². The minimum absolute atomic E-state index is 0.199. The van der Waals surface area contributed by atoms with E-state index >= 15 is 0 Å². The Morgan fingerprint density at radius 1 is 0.769 bits per heavy atom. The first-order valence-corrected chi connectivity index (χ1v) is 12.7. The SMILES string of the molecule is O=C(NCc1ccc(F)cc1)c1coc(CN(Cc2ccccc2)Cc2cccc(Oc3ccccc3)c2)n1. The van der Waals surface area contributed by atoms with Crippen LogP contribution in [-0.4, -0.2) is 15.8 Å². The Morgan fingerprint density at radius 2 is 1.44 bits per heavy atom. The molecule has 0 bridgehead atoms. The molecule has 0 spiro atoms. The molecule has 0 radical (unpaired) electrons. The van der Waals surface area contributed by atoms with Crippen molar-refractivity contribution in [3.8, 4) is 11.5 Å². The van der Waals surface area contributed by atoms with Crippen LogP contribution in [0.3, 0.4) is 0 Å². The van der Waals surface area contributed by atoms with E-state index in [1.807, 2.05) is 66.7 Å². The minimum atomic E-state index is -0.352. The van der Waals surface area contributed by atoms with Crippen molar-refractivity contribution < 1.29 is 18.3 Å². The third-order valence-electron chi connectivity index (χ3n) is 6.04. The fourth-order valence-electron chi connectivity index (χ4n) is 4.15. The molecular weight excluding hydrogens is 493 g/mol. The average Bonchev–Trinajstić information content (AvgIpc) is 3.42. The van der Waals surface area contributed by atoms with E-state index in [0.717, 1.165) is 28.2 Å². The molecule has 0 saturated heterocycles. The second-order valence-corrected chi connectivity index (χ2v) is 9.13. The minimum Gasteiger partial charge on any atom is -0.457 e. The van der Waals surface area contributed by atoms with Gasteiger partial charge in [-0.25, -0.2) is 9.37 Å². The van der Waals surface area contributed by atoms with Gasteiger partial charge in [-0.05, 0) is 53.1 Å². The summed E-state index contributed by atoms with van der Waals surface area (Å²) >= 11 is 0. The van der Waals surface area contributed by atoms with Crippen molar-refractivity contribution in [2.24, 2.45) is 0 Å². The highest BCUT2D eigenvalue weighted by Crippen LogP contribution is 2.23. The molecule has 4 aromatic carbocycles. The van der Waals surface area contributed by atoms with Crippen molar-refractivity contribution in [1.29, 1.82) is 0 Å². The van der Waals surface area contributed by atoms with Crippen LogP contribution in [0.2, 0.25) is 0 Å². The smallest absolute Gasteiger partial charge is 0.273 e. The van der Waals surface area contributed by atoms with E-state index in [9.17, 15) is 9.18 Å². The monoisotopic (exact) mass is 521 g/mol. The number of ether oxygens (including phenoxy) is 1. The van der Waals surface area contributed by atoms with Crippen LogP contribution in [0.5, 0.6) is 11.5 Å². The Morgan fingerprint density at radius 3 is 2.21 bits per heavy atom. The number of carbonyl (C=O) groups excluding carboxylic acids is 1. The van der Waals surface area contributed by atoms with E-state index in [0.29, 0.717) is 25.5 Å². The van der Waals surface area contributed by atoms with Crippen LogP contribution in [0, 0.1) is 5.82 Å². The molecular formula is C32H28FN3O3. The third kappa shape index (κ3) is 7.63. The Hall–Kier alpha value is -4.75. The number of hydrogen-bond acceptors (Lipinski definition) is 5. The van der Waals surface area contributed by atoms with Crippen molar-refractivity contribution in [3.05, 3.63) is 150 Å². The number of carbonyl (C=O) groups is 1. The molecule has 6 nitrogen and oxygen atoms in total. The largest absolute Gasteiger partial charge is 0.457 e. The van der Waals surface area contributed by atoms with Gasteiger partial charge in [0.1, 0.15) is 23.6 Å². The summed E-state index contributed by atoms with van der Waals surface area (Å²) in [5.74, 6) is 1.31. The van der Waals surface area contributed by atoms with Crippen LogP contribution in [0.25, 0.3) is 0 Å². The maximum Gasteiger partial charge on any atom is 0.273 e. The molecule has 39 heavy (non-hydrogen) atoms. The molecule has 0 saturated carbocycles. The molecule has 1 heterocycles. The maximum absolute atomic E-state index is 13.1. The second kappa shape index (κ2) is 12.7. The van der Waals surface area contributed by atoms with Crippen LogP contribution in [0.4, 0.5) is 4.39 Å². The first-order chi connectivity index (χ1) is 19.1. The molecule has 1 aromatic heterocycles. The number of hydrogen-bond donors (Lipinski definition) is 1. The summed E-state index contributed by atoms with van der Waals surface area (Å²) in [6.07, 6.45) is 1.37. The van der Waals surface area contributed by atoms with Crippen molar-refractivity contribution in [2.75, 3.05) is 0 Å². The number of aromatic nitrogens is 1. The van der Waals surface area contributed by atoms with Crippen LogP contribution in [-0.2, 0) is 26.2 Å². The molecule has 0 fully saturated rings. The summed E-state index contributed by atoms with van der Waals surface area (Å²) < 4.78 is 24.8. The molecule has 0 aliphatic heterocycles. The predicted octanol–water partition coefficient (Wildman–Crippen LogP) is 6.74. The highest BCUT2D eigenvalue weighted by molar-refractivity contribution is 5.91. The van der Waals surface area contributed by atoms with Crippen molar-refractivity contribution in [2.45, 2.75) is 26.2 Å². The van der Waals surface area contributed by atoms with Gasteiger partial charge in [-0.1, -0.05) is 72.8 Å². The van der Waals surface area contributed by atoms with Gasteiger partial charge in [-0.2, -0.15) is 0 Å². The lowest BCUT2D eigenvalue weighted by atomic mass is 10.1. The standard InChI is InChI=1S/C32H28FN3O3/c33-27-16-14-24(15-17-27)19-34-32(37)30-23-38-31(35-30)22-36(20-25-8-3-1-4-9-25)21-26-10-7-13-29(18-26)39-28-11-5-2-6-12-28/h1-18,23H,19-22H2,(H,34,37). The number of para-hydroxylation sites is 1. The number of rotatable bonds is 11.